The number of carboxylic acids is 1. The molecule has 1 aromatic heterocycles. The average molecular weight is 479 g/mol. The molecule has 0 aliphatic heterocycles. The van der Waals surface area contributed by atoms with E-state index in [0.29, 0.717) is 11.3 Å². The second-order valence-electron chi connectivity index (χ2n) is 8.15. The smallest absolute Gasteiger partial charge is 0.335 e. The zero-order valence-electron chi connectivity index (χ0n) is 19.4. The van der Waals surface area contributed by atoms with Crippen LogP contribution in [0.5, 0.6) is 0 Å². The Balaban J connectivity index is 1.59. The van der Waals surface area contributed by atoms with Crippen LogP contribution in [0.1, 0.15) is 21.5 Å². The first kappa shape index (κ1) is 24.0. The molecule has 4 aromatic rings. The summed E-state index contributed by atoms with van der Waals surface area (Å²) in [6.07, 6.45) is 3.17. The van der Waals surface area contributed by atoms with E-state index in [9.17, 15) is 19.6 Å². The van der Waals surface area contributed by atoms with Gasteiger partial charge in [0.15, 0.2) is 0 Å². The third-order valence-electron chi connectivity index (χ3n) is 5.50. The Morgan fingerprint density at radius 3 is 2.44 bits per heavy atom. The summed E-state index contributed by atoms with van der Waals surface area (Å²) < 4.78 is 1.76. The van der Waals surface area contributed by atoms with Gasteiger partial charge in [0, 0.05) is 34.0 Å². The largest absolute Gasteiger partial charge is 0.478 e. The van der Waals surface area contributed by atoms with Crippen LogP contribution in [-0.2, 0) is 16.1 Å². The number of nitrogens with zero attached hydrogens (tertiary/aromatic N) is 2. The third kappa shape index (κ3) is 5.48. The maximum atomic E-state index is 12.8. The molecule has 8 nitrogen and oxygen atoms in total. The van der Waals surface area contributed by atoms with E-state index in [2.05, 4.69) is 10.6 Å². The van der Waals surface area contributed by atoms with Gasteiger partial charge in [-0.15, -0.1) is 0 Å². The minimum atomic E-state index is -1.12. The maximum Gasteiger partial charge on any atom is 0.335 e. The number of hydrogen-bond acceptors (Lipinski definition) is 4. The van der Waals surface area contributed by atoms with Crippen LogP contribution in [0.2, 0.25) is 0 Å². The SMILES string of the molecule is Cc1ccc(NC(=O)Cn2cc(C=C(C#N)C(=O)Nc3cccc(C(=O)O)c3)c3ccccc32)cc1. The number of carbonyl (C=O) groups is 3. The van der Waals surface area contributed by atoms with Crippen molar-refractivity contribution < 1.29 is 19.5 Å². The number of aromatic carboxylic acids is 1. The number of carbonyl (C=O) groups excluding carboxylic acids is 2. The van der Waals surface area contributed by atoms with Crippen LogP contribution in [-0.4, -0.2) is 27.5 Å². The van der Waals surface area contributed by atoms with Crippen molar-refractivity contribution >= 4 is 46.1 Å². The molecule has 36 heavy (non-hydrogen) atoms. The van der Waals surface area contributed by atoms with Gasteiger partial charge in [-0.3, -0.25) is 9.59 Å². The van der Waals surface area contributed by atoms with Gasteiger partial charge < -0.3 is 20.3 Å². The van der Waals surface area contributed by atoms with E-state index in [0.717, 1.165) is 16.5 Å². The van der Waals surface area contributed by atoms with E-state index >= 15 is 0 Å². The van der Waals surface area contributed by atoms with Gasteiger partial charge in [0.2, 0.25) is 5.91 Å². The summed E-state index contributed by atoms with van der Waals surface area (Å²) >= 11 is 0. The van der Waals surface area contributed by atoms with Gasteiger partial charge in [0.05, 0.1) is 5.56 Å². The minimum absolute atomic E-state index is 0.0160. The Bertz CT molecular complexity index is 1540. The Hall–Kier alpha value is -5.16. The fourth-order valence-electron chi connectivity index (χ4n) is 3.75. The van der Waals surface area contributed by atoms with E-state index in [-0.39, 0.29) is 29.3 Å². The number of aryl methyl sites for hydroxylation is 1. The van der Waals surface area contributed by atoms with Crippen molar-refractivity contribution in [1.82, 2.24) is 4.57 Å². The zero-order chi connectivity index (χ0) is 25.7. The summed E-state index contributed by atoms with van der Waals surface area (Å²) in [5, 5.41) is 25.0. The van der Waals surface area contributed by atoms with Gasteiger partial charge in [-0.1, -0.05) is 42.0 Å². The third-order valence-corrected chi connectivity index (χ3v) is 5.50. The molecule has 178 valence electrons. The number of nitrogens with one attached hydrogen (secondary N) is 2. The molecule has 0 spiro atoms. The Morgan fingerprint density at radius 2 is 1.72 bits per heavy atom. The fraction of sp³-hybridized carbons (Fsp3) is 0.0714. The number of anilines is 2. The van der Waals surface area contributed by atoms with Crippen molar-refractivity contribution in [1.29, 1.82) is 5.26 Å². The first-order valence-corrected chi connectivity index (χ1v) is 11.0. The molecule has 3 aromatic carbocycles. The van der Waals surface area contributed by atoms with Crippen LogP contribution in [0.15, 0.2) is 84.6 Å². The van der Waals surface area contributed by atoms with Crippen LogP contribution < -0.4 is 10.6 Å². The topological polar surface area (TPSA) is 124 Å². The molecule has 0 unspecified atom stereocenters. The first-order chi connectivity index (χ1) is 17.3. The van der Waals surface area contributed by atoms with Crippen molar-refractivity contribution in [2.24, 2.45) is 0 Å². The summed E-state index contributed by atoms with van der Waals surface area (Å²) in [6, 6.07) is 22.5. The molecule has 0 aliphatic rings. The second kappa shape index (κ2) is 10.4. The lowest BCUT2D eigenvalue weighted by Gasteiger charge is -2.07. The molecule has 1 heterocycles. The van der Waals surface area contributed by atoms with Crippen LogP contribution in [0.3, 0.4) is 0 Å². The molecule has 0 fully saturated rings. The second-order valence-corrected chi connectivity index (χ2v) is 8.15. The lowest BCUT2D eigenvalue weighted by Crippen LogP contribution is -2.18. The van der Waals surface area contributed by atoms with Gasteiger partial charge in [-0.25, -0.2) is 4.79 Å². The number of fused-ring (bicyclic) bond motifs is 1. The molecule has 3 N–H and O–H groups in total. The van der Waals surface area contributed by atoms with Gasteiger partial charge in [-0.05, 0) is 49.4 Å². The van der Waals surface area contributed by atoms with Gasteiger partial charge >= 0.3 is 5.97 Å². The van der Waals surface area contributed by atoms with E-state index < -0.39 is 11.9 Å². The van der Waals surface area contributed by atoms with Crippen molar-refractivity contribution in [2.75, 3.05) is 10.6 Å². The molecule has 0 saturated carbocycles. The minimum Gasteiger partial charge on any atom is -0.478 e. The van der Waals surface area contributed by atoms with Crippen LogP contribution in [0.4, 0.5) is 11.4 Å². The zero-order valence-corrected chi connectivity index (χ0v) is 19.4. The number of carboxylic acid groups (broad SMARTS) is 1. The highest BCUT2D eigenvalue weighted by Crippen LogP contribution is 2.24. The van der Waals surface area contributed by atoms with E-state index in [1.165, 1.54) is 30.3 Å². The summed E-state index contributed by atoms with van der Waals surface area (Å²) in [4.78, 5) is 36.6. The predicted octanol–water partition coefficient (Wildman–Crippen LogP) is 4.83. The van der Waals surface area contributed by atoms with Crippen molar-refractivity contribution in [3.05, 3.63) is 101 Å². The predicted molar refractivity (Wildman–Crippen MR) is 137 cm³/mol. The number of hydrogen-bond donors (Lipinski definition) is 3. The Labute approximate surface area is 207 Å². The molecule has 2 amide bonds. The quantitative estimate of drug-likeness (QED) is 0.259. The van der Waals surface area contributed by atoms with Crippen LogP contribution in [0, 0.1) is 18.3 Å². The molecule has 0 saturated heterocycles. The number of rotatable bonds is 7. The normalized spacial score (nSPS) is 11.1. The first-order valence-electron chi connectivity index (χ1n) is 11.0. The fourth-order valence-corrected chi connectivity index (χ4v) is 3.75. The molecule has 0 atom stereocenters. The van der Waals surface area contributed by atoms with Crippen molar-refractivity contribution in [3.8, 4) is 6.07 Å². The highest BCUT2D eigenvalue weighted by atomic mass is 16.4. The Kier molecular flexibility index (Phi) is 6.93. The molecular formula is C28H22N4O4. The number of para-hydroxylation sites is 1. The standard InChI is InChI=1S/C28H22N4O4/c1-18-9-11-22(12-10-18)30-26(33)17-32-16-21(24-7-2-3-8-25(24)32)13-20(15-29)27(34)31-23-6-4-5-19(14-23)28(35)36/h2-14,16H,17H2,1H3,(H,30,33)(H,31,34)(H,35,36). The van der Waals surface area contributed by atoms with Gasteiger partial charge in [-0.2, -0.15) is 5.26 Å². The summed E-state index contributed by atoms with van der Waals surface area (Å²) in [7, 11) is 0. The van der Waals surface area contributed by atoms with Crippen LogP contribution >= 0.6 is 0 Å². The Morgan fingerprint density at radius 1 is 0.972 bits per heavy atom. The number of nitriles is 1. The molecule has 8 heteroatoms. The highest BCUT2D eigenvalue weighted by Gasteiger charge is 2.15. The van der Waals surface area contributed by atoms with Gasteiger partial charge in [0.25, 0.3) is 5.91 Å². The highest BCUT2D eigenvalue weighted by molar-refractivity contribution is 6.11. The summed E-state index contributed by atoms with van der Waals surface area (Å²) in [5.41, 5.74) is 3.26. The molecule has 0 bridgehead atoms. The number of aromatic nitrogens is 1. The van der Waals surface area contributed by atoms with Crippen molar-refractivity contribution in [3.63, 3.8) is 0 Å². The van der Waals surface area contributed by atoms with Crippen LogP contribution in [0.25, 0.3) is 17.0 Å². The average Bonchev–Trinajstić information content (AvgIpc) is 3.21. The summed E-state index contributed by atoms with van der Waals surface area (Å²) in [6.45, 7) is 2.01. The van der Waals surface area contributed by atoms with E-state index in [1.807, 2.05) is 61.5 Å². The van der Waals surface area contributed by atoms with E-state index in [1.54, 1.807) is 10.8 Å². The molecular weight excluding hydrogens is 456 g/mol. The van der Waals surface area contributed by atoms with Crippen molar-refractivity contribution in [2.45, 2.75) is 13.5 Å². The summed E-state index contributed by atoms with van der Waals surface area (Å²) in [5.74, 6) is -2.01. The lowest BCUT2D eigenvalue weighted by molar-refractivity contribution is -0.116. The number of amides is 2. The van der Waals surface area contributed by atoms with Gasteiger partial charge in [0.1, 0.15) is 18.2 Å². The monoisotopic (exact) mass is 478 g/mol. The molecule has 4 rings (SSSR count). The van der Waals surface area contributed by atoms with E-state index in [4.69, 9.17) is 5.11 Å². The lowest BCUT2D eigenvalue weighted by atomic mass is 10.1. The maximum absolute atomic E-state index is 12.8. The molecule has 0 aliphatic carbocycles. The molecule has 0 radical (unpaired) electrons. The number of benzene rings is 3.